The van der Waals surface area contributed by atoms with Gasteiger partial charge in [0, 0.05) is 19.2 Å². The topological polar surface area (TPSA) is 21.3 Å². The van der Waals surface area contributed by atoms with Crippen LogP contribution in [0.25, 0.3) is 0 Å². The van der Waals surface area contributed by atoms with Crippen molar-refractivity contribution < 1.29 is 4.74 Å². The van der Waals surface area contributed by atoms with Crippen molar-refractivity contribution in [1.29, 1.82) is 0 Å². The SMILES string of the molecule is CCCC(CNC(C)C)OCCC(C)(C)C. The van der Waals surface area contributed by atoms with Gasteiger partial charge in [-0.15, -0.1) is 0 Å². The monoisotopic (exact) mass is 229 g/mol. The van der Waals surface area contributed by atoms with Crippen molar-refractivity contribution in [3.05, 3.63) is 0 Å². The van der Waals surface area contributed by atoms with Crippen LogP contribution in [0.15, 0.2) is 0 Å². The van der Waals surface area contributed by atoms with E-state index in [9.17, 15) is 0 Å². The average Bonchev–Trinajstić information content (AvgIpc) is 2.12. The summed E-state index contributed by atoms with van der Waals surface area (Å²) >= 11 is 0. The molecule has 16 heavy (non-hydrogen) atoms. The Bertz CT molecular complexity index is 161. The van der Waals surface area contributed by atoms with Crippen molar-refractivity contribution in [3.63, 3.8) is 0 Å². The summed E-state index contributed by atoms with van der Waals surface area (Å²) in [4.78, 5) is 0. The maximum absolute atomic E-state index is 5.95. The van der Waals surface area contributed by atoms with E-state index in [0.29, 0.717) is 17.6 Å². The highest BCUT2D eigenvalue weighted by Gasteiger charge is 2.13. The molecule has 0 saturated heterocycles. The van der Waals surface area contributed by atoms with Crippen LogP contribution < -0.4 is 5.32 Å². The molecule has 0 heterocycles. The van der Waals surface area contributed by atoms with Gasteiger partial charge in [-0.1, -0.05) is 48.0 Å². The minimum atomic E-state index is 0.377. The van der Waals surface area contributed by atoms with E-state index in [4.69, 9.17) is 4.74 Å². The molecular formula is C14H31NO. The zero-order valence-electron chi connectivity index (χ0n) is 12.1. The number of nitrogens with one attached hydrogen (secondary N) is 1. The molecule has 0 aromatic carbocycles. The number of rotatable bonds is 8. The van der Waals surface area contributed by atoms with Crippen LogP contribution in [0.1, 0.15) is 60.8 Å². The van der Waals surface area contributed by atoms with Gasteiger partial charge in [0.05, 0.1) is 6.10 Å². The van der Waals surface area contributed by atoms with Crippen LogP contribution in [0, 0.1) is 5.41 Å². The van der Waals surface area contributed by atoms with Crippen molar-refractivity contribution in [3.8, 4) is 0 Å². The van der Waals surface area contributed by atoms with E-state index in [1.807, 2.05) is 0 Å². The number of hydrogen-bond acceptors (Lipinski definition) is 2. The Morgan fingerprint density at radius 2 is 1.81 bits per heavy atom. The second kappa shape index (κ2) is 8.08. The fourth-order valence-electron chi connectivity index (χ4n) is 1.47. The molecule has 1 N–H and O–H groups in total. The van der Waals surface area contributed by atoms with Gasteiger partial charge in [0.15, 0.2) is 0 Å². The number of ether oxygens (including phenoxy) is 1. The lowest BCUT2D eigenvalue weighted by atomic mass is 9.93. The fourth-order valence-corrected chi connectivity index (χ4v) is 1.47. The summed E-state index contributed by atoms with van der Waals surface area (Å²) in [5, 5.41) is 3.45. The van der Waals surface area contributed by atoms with Crippen LogP contribution in [-0.4, -0.2) is 25.3 Å². The van der Waals surface area contributed by atoms with E-state index in [-0.39, 0.29) is 0 Å². The van der Waals surface area contributed by atoms with E-state index in [1.165, 1.54) is 6.42 Å². The highest BCUT2D eigenvalue weighted by atomic mass is 16.5. The molecule has 0 radical (unpaired) electrons. The van der Waals surface area contributed by atoms with Gasteiger partial charge in [-0.25, -0.2) is 0 Å². The first kappa shape index (κ1) is 15.9. The van der Waals surface area contributed by atoms with Crippen LogP contribution >= 0.6 is 0 Å². The highest BCUT2D eigenvalue weighted by molar-refractivity contribution is 4.66. The van der Waals surface area contributed by atoms with Gasteiger partial charge >= 0.3 is 0 Å². The van der Waals surface area contributed by atoms with Crippen LogP contribution in [0.3, 0.4) is 0 Å². The zero-order valence-corrected chi connectivity index (χ0v) is 12.1. The lowest BCUT2D eigenvalue weighted by Gasteiger charge is -2.23. The Morgan fingerprint density at radius 1 is 1.19 bits per heavy atom. The molecule has 0 aromatic rings. The van der Waals surface area contributed by atoms with Crippen LogP contribution in [-0.2, 0) is 4.74 Å². The van der Waals surface area contributed by atoms with Gasteiger partial charge in [0.25, 0.3) is 0 Å². The minimum absolute atomic E-state index is 0.377. The largest absolute Gasteiger partial charge is 0.377 e. The molecule has 0 bridgehead atoms. The quantitative estimate of drug-likeness (QED) is 0.686. The summed E-state index contributed by atoms with van der Waals surface area (Å²) < 4.78 is 5.95. The van der Waals surface area contributed by atoms with Crippen molar-refractivity contribution >= 4 is 0 Å². The maximum atomic E-state index is 5.95. The molecule has 0 rings (SSSR count). The van der Waals surface area contributed by atoms with Crippen molar-refractivity contribution in [2.45, 2.75) is 73.0 Å². The summed E-state index contributed by atoms with van der Waals surface area (Å²) in [5.74, 6) is 0. The number of hydrogen-bond donors (Lipinski definition) is 1. The first-order chi connectivity index (χ1) is 7.35. The molecule has 0 aliphatic heterocycles. The summed E-state index contributed by atoms with van der Waals surface area (Å²) in [6.07, 6.45) is 3.87. The van der Waals surface area contributed by atoms with Gasteiger partial charge in [-0.2, -0.15) is 0 Å². The van der Waals surface area contributed by atoms with E-state index < -0.39 is 0 Å². The van der Waals surface area contributed by atoms with E-state index in [1.54, 1.807) is 0 Å². The normalized spacial score (nSPS) is 14.4. The molecule has 98 valence electrons. The molecule has 0 aliphatic rings. The van der Waals surface area contributed by atoms with Gasteiger partial charge in [0.1, 0.15) is 0 Å². The molecule has 1 unspecified atom stereocenters. The van der Waals surface area contributed by atoms with E-state index in [2.05, 4.69) is 46.9 Å². The summed E-state index contributed by atoms with van der Waals surface area (Å²) in [6, 6.07) is 0.547. The molecular weight excluding hydrogens is 198 g/mol. The average molecular weight is 229 g/mol. The molecule has 1 atom stereocenters. The molecule has 2 nitrogen and oxygen atoms in total. The Kier molecular flexibility index (Phi) is 8.04. The van der Waals surface area contributed by atoms with Crippen molar-refractivity contribution in [1.82, 2.24) is 5.32 Å². The lowest BCUT2D eigenvalue weighted by Crippen LogP contribution is -2.34. The highest BCUT2D eigenvalue weighted by Crippen LogP contribution is 2.18. The Hall–Kier alpha value is -0.0800. The van der Waals surface area contributed by atoms with Gasteiger partial charge in [-0.3, -0.25) is 0 Å². The predicted molar refractivity (Wildman–Crippen MR) is 71.9 cm³/mol. The van der Waals surface area contributed by atoms with Crippen LogP contribution in [0.5, 0.6) is 0 Å². The smallest absolute Gasteiger partial charge is 0.0699 e. The van der Waals surface area contributed by atoms with E-state index >= 15 is 0 Å². The third-order valence-corrected chi connectivity index (χ3v) is 2.57. The second-order valence-corrected chi connectivity index (χ2v) is 6.16. The van der Waals surface area contributed by atoms with Gasteiger partial charge < -0.3 is 10.1 Å². The van der Waals surface area contributed by atoms with Crippen LogP contribution in [0.4, 0.5) is 0 Å². The Labute approximate surface area is 102 Å². The lowest BCUT2D eigenvalue weighted by molar-refractivity contribution is 0.0314. The summed E-state index contributed by atoms with van der Waals surface area (Å²) in [7, 11) is 0. The van der Waals surface area contributed by atoms with Gasteiger partial charge in [-0.05, 0) is 18.3 Å². The zero-order chi connectivity index (χ0) is 12.6. The summed E-state index contributed by atoms with van der Waals surface area (Å²) in [6.45, 7) is 15.2. The van der Waals surface area contributed by atoms with Crippen LogP contribution in [0.2, 0.25) is 0 Å². The van der Waals surface area contributed by atoms with Crippen molar-refractivity contribution in [2.75, 3.05) is 13.2 Å². The molecule has 0 aromatic heterocycles. The standard InChI is InChI=1S/C14H31NO/c1-7-8-13(11-15-12(2)3)16-10-9-14(4,5)6/h12-13,15H,7-11H2,1-6H3. The van der Waals surface area contributed by atoms with E-state index in [0.717, 1.165) is 26.0 Å². The molecule has 0 amide bonds. The second-order valence-electron chi connectivity index (χ2n) is 6.16. The molecule has 0 aliphatic carbocycles. The molecule has 2 heteroatoms. The fraction of sp³-hybridized carbons (Fsp3) is 1.00. The Morgan fingerprint density at radius 3 is 2.25 bits per heavy atom. The van der Waals surface area contributed by atoms with Crippen molar-refractivity contribution in [2.24, 2.45) is 5.41 Å². The first-order valence-corrected chi connectivity index (χ1v) is 6.70. The first-order valence-electron chi connectivity index (χ1n) is 6.70. The maximum Gasteiger partial charge on any atom is 0.0699 e. The molecule has 0 fully saturated rings. The third-order valence-electron chi connectivity index (χ3n) is 2.57. The molecule has 0 saturated carbocycles. The minimum Gasteiger partial charge on any atom is -0.377 e. The molecule has 0 spiro atoms. The Balaban J connectivity index is 3.76. The predicted octanol–water partition coefficient (Wildman–Crippen LogP) is 3.61. The summed E-state index contributed by atoms with van der Waals surface area (Å²) in [5.41, 5.74) is 0.377. The third kappa shape index (κ3) is 10.4. The van der Waals surface area contributed by atoms with Gasteiger partial charge in [0.2, 0.25) is 0 Å².